The van der Waals surface area contributed by atoms with Gasteiger partial charge in [0.15, 0.2) is 9.84 Å². The van der Waals surface area contributed by atoms with Crippen molar-refractivity contribution in [3.05, 3.63) is 41.1 Å². The summed E-state index contributed by atoms with van der Waals surface area (Å²) in [5, 5.41) is 14.0. The van der Waals surface area contributed by atoms with E-state index in [-0.39, 0.29) is 42.4 Å². The monoisotopic (exact) mass is 398 g/mol. The average Bonchev–Trinajstić information content (AvgIpc) is 2.97. The van der Waals surface area contributed by atoms with Crippen LogP contribution in [0, 0.1) is 5.82 Å². The van der Waals surface area contributed by atoms with Gasteiger partial charge in [-0.1, -0.05) is 6.07 Å². The SMILES string of the molecule is CC(=O)NCC1CN(c2ccc(C3(O)C=CS(=O)(=O)CC3)c(F)c2)C(=O)O1. The smallest absolute Gasteiger partial charge is 0.414 e. The quantitative estimate of drug-likeness (QED) is 0.776. The fourth-order valence-corrected chi connectivity index (χ4v) is 4.17. The zero-order chi connectivity index (χ0) is 19.8. The molecule has 10 heteroatoms. The number of sulfone groups is 1. The Morgan fingerprint density at radius 3 is 2.81 bits per heavy atom. The summed E-state index contributed by atoms with van der Waals surface area (Å²) >= 11 is 0. The molecular weight excluding hydrogens is 379 g/mol. The van der Waals surface area contributed by atoms with Crippen LogP contribution in [0.5, 0.6) is 0 Å². The van der Waals surface area contributed by atoms with E-state index in [9.17, 15) is 27.5 Å². The molecule has 27 heavy (non-hydrogen) atoms. The van der Waals surface area contributed by atoms with Crippen LogP contribution < -0.4 is 10.2 Å². The fourth-order valence-electron chi connectivity index (χ4n) is 3.01. The van der Waals surface area contributed by atoms with Crippen LogP contribution in [0.15, 0.2) is 29.7 Å². The molecule has 2 N–H and O–H groups in total. The predicted octanol–water partition coefficient (Wildman–Crippen LogP) is 0.807. The lowest BCUT2D eigenvalue weighted by Crippen LogP contribution is -2.33. The van der Waals surface area contributed by atoms with Gasteiger partial charge in [-0.2, -0.15) is 0 Å². The Hall–Kier alpha value is -2.46. The third-order valence-corrected chi connectivity index (χ3v) is 5.83. The van der Waals surface area contributed by atoms with Crippen molar-refractivity contribution in [2.75, 3.05) is 23.7 Å². The molecule has 1 fully saturated rings. The van der Waals surface area contributed by atoms with Crippen molar-refractivity contribution in [3.8, 4) is 0 Å². The molecule has 0 radical (unpaired) electrons. The summed E-state index contributed by atoms with van der Waals surface area (Å²) < 4.78 is 42.7. The van der Waals surface area contributed by atoms with E-state index in [1.807, 2.05) is 0 Å². The Morgan fingerprint density at radius 1 is 1.48 bits per heavy atom. The molecule has 2 unspecified atom stereocenters. The van der Waals surface area contributed by atoms with Gasteiger partial charge in [0.05, 0.1) is 24.5 Å². The van der Waals surface area contributed by atoms with Gasteiger partial charge in [-0.15, -0.1) is 0 Å². The lowest BCUT2D eigenvalue weighted by Gasteiger charge is -2.28. The second-order valence-electron chi connectivity index (χ2n) is 6.56. The van der Waals surface area contributed by atoms with Crippen molar-refractivity contribution >= 4 is 27.5 Å². The standard InChI is InChI=1S/C17H19FN2O6S/c1-11(21)19-9-13-10-20(16(22)26-13)12-2-3-14(15(18)8-12)17(23)4-6-27(24,25)7-5-17/h2-4,6,8,13,23H,5,7,9-10H2,1H3,(H,19,21). The summed E-state index contributed by atoms with van der Waals surface area (Å²) in [5.74, 6) is -1.31. The number of cyclic esters (lactones) is 1. The molecule has 8 nitrogen and oxygen atoms in total. The minimum Gasteiger partial charge on any atom is -0.442 e. The summed E-state index contributed by atoms with van der Waals surface area (Å²) in [6.45, 7) is 1.63. The largest absolute Gasteiger partial charge is 0.442 e. The highest BCUT2D eigenvalue weighted by Gasteiger charge is 2.36. The molecule has 3 rings (SSSR count). The number of rotatable bonds is 4. The molecule has 1 saturated heterocycles. The van der Waals surface area contributed by atoms with Gasteiger partial charge in [-0.3, -0.25) is 9.69 Å². The molecule has 1 aromatic rings. The highest BCUT2D eigenvalue weighted by molar-refractivity contribution is 7.94. The molecule has 0 aliphatic carbocycles. The number of aliphatic hydroxyl groups is 1. The van der Waals surface area contributed by atoms with E-state index in [0.29, 0.717) is 0 Å². The fraction of sp³-hybridized carbons (Fsp3) is 0.412. The van der Waals surface area contributed by atoms with E-state index >= 15 is 0 Å². The molecule has 2 heterocycles. The molecule has 2 atom stereocenters. The van der Waals surface area contributed by atoms with Crippen LogP contribution in [0.2, 0.25) is 0 Å². The lowest BCUT2D eigenvalue weighted by atomic mass is 9.90. The first kappa shape index (κ1) is 19.3. The van der Waals surface area contributed by atoms with Crippen LogP contribution in [0.1, 0.15) is 18.9 Å². The number of nitrogens with one attached hydrogen (secondary N) is 1. The van der Waals surface area contributed by atoms with E-state index < -0.39 is 33.5 Å². The van der Waals surface area contributed by atoms with Crippen LogP contribution in [0.3, 0.4) is 0 Å². The Morgan fingerprint density at radius 2 is 2.22 bits per heavy atom. The second-order valence-corrected chi connectivity index (χ2v) is 8.57. The van der Waals surface area contributed by atoms with E-state index in [0.717, 1.165) is 17.6 Å². The number of carbonyl (C=O) groups is 2. The van der Waals surface area contributed by atoms with E-state index in [1.165, 1.54) is 24.0 Å². The molecule has 2 amide bonds. The number of hydrogen-bond acceptors (Lipinski definition) is 6. The second kappa shape index (κ2) is 6.93. The Kier molecular flexibility index (Phi) is 4.96. The van der Waals surface area contributed by atoms with Crippen molar-refractivity contribution in [1.82, 2.24) is 5.32 Å². The summed E-state index contributed by atoms with van der Waals surface area (Å²) in [7, 11) is -3.38. The Labute approximate surface area is 155 Å². The molecule has 0 saturated carbocycles. The summed E-state index contributed by atoms with van der Waals surface area (Å²) in [4.78, 5) is 24.2. The Balaban J connectivity index is 1.79. The maximum absolute atomic E-state index is 14.6. The van der Waals surface area contributed by atoms with E-state index in [4.69, 9.17) is 4.74 Å². The topological polar surface area (TPSA) is 113 Å². The van der Waals surface area contributed by atoms with E-state index in [2.05, 4.69) is 5.32 Å². The summed E-state index contributed by atoms with van der Waals surface area (Å²) in [6, 6.07) is 3.86. The predicted molar refractivity (Wildman–Crippen MR) is 94.1 cm³/mol. The van der Waals surface area contributed by atoms with Gasteiger partial charge in [-0.05, 0) is 24.6 Å². The maximum atomic E-state index is 14.6. The molecule has 1 aromatic carbocycles. The van der Waals surface area contributed by atoms with Gasteiger partial charge in [0, 0.05) is 17.9 Å². The Bertz CT molecular complexity index is 916. The zero-order valence-corrected chi connectivity index (χ0v) is 15.3. The van der Waals surface area contributed by atoms with Gasteiger partial charge < -0.3 is 15.2 Å². The minimum absolute atomic E-state index is 0.0697. The minimum atomic E-state index is -3.38. The van der Waals surface area contributed by atoms with Crippen LogP contribution >= 0.6 is 0 Å². The first-order chi connectivity index (χ1) is 12.6. The van der Waals surface area contributed by atoms with Crippen molar-refractivity contribution in [2.45, 2.75) is 25.0 Å². The summed E-state index contributed by atoms with van der Waals surface area (Å²) in [6.07, 6.45) is -0.316. The number of carbonyl (C=O) groups excluding carboxylic acids is 2. The highest BCUT2D eigenvalue weighted by atomic mass is 32.2. The third-order valence-electron chi connectivity index (χ3n) is 4.50. The molecule has 2 aliphatic rings. The van der Waals surface area contributed by atoms with Gasteiger partial charge in [0.1, 0.15) is 17.5 Å². The first-order valence-electron chi connectivity index (χ1n) is 8.27. The average molecular weight is 398 g/mol. The highest BCUT2D eigenvalue weighted by Crippen LogP contribution is 2.35. The number of benzene rings is 1. The normalized spacial score (nSPS) is 26.7. The number of nitrogens with zero attached hydrogens (tertiary/aromatic N) is 1. The van der Waals surface area contributed by atoms with Crippen LogP contribution in [0.4, 0.5) is 14.9 Å². The number of ether oxygens (including phenoxy) is 1. The number of halogens is 1. The summed E-state index contributed by atoms with van der Waals surface area (Å²) in [5.41, 5.74) is -1.56. The number of anilines is 1. The van der Waals surface area contributed by atoms with Gasteiger partial charge >= 0.3 is 6.09 Å². The molecule has 146 valence electrons. The van der Waals surface area contributed by atoms with Gasteiger partial charge in [-0.25, -0.2) is 17.6 Å². The molecular formula is C17H19FN2O6S. The van der Waals surface area contributed by atoms with Crippen LogP contribution in [-0.4, -0.2) is 50.5 Å². The number of amides is 2. The van der Waals surface area contributed by atoms with Gasteiger partial charge in [0.2, 0.25) is 5.91 Å². The zero-order valence-electron chi connectivity index (χ0n) is 14.5. The molecule has 0 bridgehead atoms. The van der Waals surface area contributed by atoms with Crippen LogP contribution in [0.25, 0.3) is 0 Å². The van der Waals surface area contributed by atoms with Crippen molar-refractivity contribution in [2.24, 2.45) is 0 Å². The van der Waals surface area contributed by atoms with Gasteiger partial charge in [0.25, 0.3) is 0 Å². The number of hydrogen-bond donors (Lipinski definition) is 2. The third kappa shape index (κ3) is 4.11. The first-order valence-corrected chi connectivity index (χ1v) is 9.98. The van der Waals surface area contributed by atoms with Crippen molar-refractivity contribution < 1.29 is 32.2 Å². The molecule has 0 aromatic heterocycles. The molecule has 0 spiro atoms. The lowest BCUT2D eigenvalue weighted by molar-refractivity contribution is -0.119. The maximum Gasteiger partial charge on any atom is 0.414 e. The van der Waals surface area contributed by atoms with Crippen LogP contribution in [-0.2, 0) is 25.0 Å². The molecule has 2 aliphatic heterocycles. The van der Waals surface area contributed by atoms with Crippen molar-refractivity contribution in [1.29, 1.82) is 0 Å². The van der Waals surface area contributed by atoms with Crippen molar-refractivity contribution in [3.63, 3.8) is 0 Å². The van der Waals surface area contributed by atoms with E-state index in [1.54, 1.807) is 0 Å².